The Balaban J connectivity index is 1.51. The number of carbonyl (C=O) groups excluding carboxylic acids is 2. The summed E-state index contributed by atoms with van der Waals surface area (Å²) >= 11 is 0. The third-order valence-corrected chi connectivity index (χ3v) is 5.87. The number of nitrogens with one attached hydrogen (secondary N) is 2. The third-order valence-electron chi connectivity index (χ3n) is 5.87. The molecular formula is C25H30N2O5. The van der Waals surface area contributed by atoms with Gasteiger partial charge in [0.2, 0.25) is 5.91 Å². The Hall–Kier alpha value is -3.35. The van der Waals surface area contributed by atoms with Crippen molar-refractivity contribution >= 4 is 18.0 Å². The van der Waals surface area contributed by atoms with Crippen molar-refractivity contribution in [3.05, 3.63) is 59.7 Å². The van der Waals surface area contributed by atoms with E-state index in [1.165, 1.54) is 0 Å². The van der Waals surface area contributed by atoms with Crippen LogP contribution in [0, 0.1) is 11.8 Å². The highest BCUT2D eigenvalue weighted by Crippen LogP contribution is 2.44. The van der Waals surface area contributed by atoms with Gasteiger partial charge in [-0.3, -0.25) is 9.59 Å². The summed E-state index contributed by atoms with van der Waals surface area (Å²) in [4.78, 5) is 35.7. The largest absolute Gasteiger partial charge is 0.481 e. The van der Waals surface area contributed by atoms with E-state index < -0.39 is 24.0 Å². The van der Waals surface area contributed by atoms with Crippen molar-refractivity contribution < 1.29 is 24.2 Å². The number of carbonyl (C=O) groups is 3. The molecule has 170 valence electrons. The van der Waals surface area contributed by atoms with Gasteiger partial charge in [-0.05, 0) is 28.2 Å². The van der Waals surface area contributed by atoms with E-state index in [4.69, 9.17) is 9.84 Å². The van der Waals surface area contributed by atoms with Crippen LogP contribution in [-0.2, 0) is 14.3 Å². The van der Waals surface area contributed by atoms with Crippen molar-refractivity contribution in [1.82, 2.24) is 10.6 Å². The summed E-state index contributed by atoms with van der Waals surface area (Å²) in [5.41, 5.74) is 4.58. The summed E-state index contributed by atoms with van der Waals surface area (Å²) in [6.45, 7) is 5.69. The fraction of sp³-hybridized carbons (Fsp3) is 0.400. The summed E-state index contributed by atoms with van der Waals surface area (Å²) in [7, 11) is 0. The summed E-state index contributed by atoms with van der Waals surface area (Å²) in [5.74, 6) is -1.84. The molecule has 32 heavy (non-hydrogen) atoms. The fourth-order valence-corrected chi connectivity index (χ4v) is 3.95. The summed E-state index contributed by atoms with van der Waals surface area (Å²) in [6.07, 6.45) is -0.729. The topological polar surface area (TPSA) is 105 Å². The van der Waals surface area contributed by atoms with Crippen molar-refractivity contribution in [2.75, 3.05) is 13.2 Å². The van der Waals surface area contributed by atoms with E-state index in [2.05, 4.69) is 34.9 Å². The van der Waals surface area contributed by atoms with Crippen molar-refractivity contribution in [2.45, 2.75) is 39.2 Å². The second kappa shape index (κ2) is 10.3. The van der Waals surface area contributed by atoms with Gasteiger partial charge in [-0.15, -0.1) is 0 Å². The summed E-state index contributed by atoms with van der Waals surface area (Å²) in [5, 5.41) is 14.4. The van der Waals surface area contributed by atoms with Crippen molar-refractivity contribution in [2.24, 2.45) is 11.8 Å². The lowest BCUT2D eigenvalue weighted by molar-refractivity contribution is -0.138. The van der Waals surface area contributed by atoms with Gasteiger partial charge in [0.05, 0.1) is 12.3 Å². The molecule has 2 atom stereocenters. The van der Waals surface area contributed by atoms with E-state index in [1.807, 2.05) is 38.1 Å². The standard InChI is InChI=1S/C25H30N2O5/c1-15(2)22(12-23(28)29)27-24(30)16(3)13-26-25(31)32-14-21-19-10-6-4-8-17(19)18-9-5-7-11-20(18)21/h4-11,15-16,21-22H,12-14H2,1-3H3,(H,26,31)(H,27,30)(H,28,29)/t16?,22-/m0/s1. The smallest absolute Gasteiger partial charge is 0.407 e. The molecule has 0 aromatic heterocycles. The lowest BCUT2D eigenvalue weighted by Crippen LogP contribution is -2.45. The van der Waals surface area contributed by atoms with Crippen LogP contribution in [0.1, 0.15) is 44.2 Å². The molecule has 7 nitrogen and oxygen atoms in total. The lowest BCUT2D eigenvalue weighted by atomic mass is 9.98. The summed E-state index contributed by atoms with van der Waals surface area (Å²) in [6, 6.07) is 15.7. The number of benzene rings is 2. The normalized spacial score (nSPS) is 14.2. The molecule has 2 aromatic carbocycles. The Bertz CT molecular complexity index is 942. The third kappa shape index (κ3) is 5.46. The molecule has 0 saturated heterocycles. The van der Waals surface area contributed by atoms with Crippen LogP contribution in [0.2, 0.25) is 0 Å². The average molecular weight is 439 g/mol. The van der Waals surface area contributed by atoms with Crippen LogP contribution in [0.5, 0.6) is 0 Å². The number of amides is 2. The Morgan fingerprint density at radius 2 is 1.53 bits per heavy atom. The van der Waals surface area contributed by atoms with Gasteiger partial charge in [-0.2, -0.15) is 0 Å². The first-order valence-electron chi connectivity index (χ1n) is 10.9. The predicted octanol–water partition coefficient (Wildman–Crippen LogP) is 3.78. The van der Waals surface area contributed by atoms with Gasteiger partial charge in [-0.1, -0.05) is 69.3 Å². The molecule has 2 aromatic rings. The monoisotopic (exact) mass is 438 g/mol. The second-order valence-corrected chi connectivity index (χ2v) is 8.56. The molecule has 0 fully saturated rings. The molecule has 0 radical (unpaired) electrons. The van der Waals surface area contributed by atoms with Crippen molar-refractivity contribution in [3.63, 3.8) is 0 Å². The molecule has 0 bridgehead atoms. The quantitative estimate of drug-likeness (QED) is 0.553. The number of fused-ring (bicyclic) bond motifs is 3. The highest BCUT2D eigenvalue weighted by Gasteiger charge is 2.29. The number of ether oxygens (including phenoxy) is 1. The van der Waals surface area contributed by atoms with Crippen LogP contribution < -0.4 is 10.6 Å². The minimum Gasteiger partial charge on any atom is -0.481 e. The molecule has 0 aliphatic heterocycles. The lowest BCUT2D eigenvalue weighted by Gasteiger charge is -2.23. The Kier molecular flexibility index (Phi) is 7.51. The maximum Gasteiger partial charge on any atom is 0.407 e. The van der Waals surface area contributed by atoms with Gasteiger partial charge in [0.15, 0.2) is 0 Å². The molecule has 0 heterocycles. The van der Waals surface area contributed by atoms with Gasteiger partial charge in [0, 0.05) is 18.5 Å². The van der Waals surface area contributed by atoms with Crippen LogP contribution in [0.25, 0.3) is 11.1 Å². The molecule has 1 aliphatic rings. The van der Waals surface area contributed by atoms with Crippen molar-refractivity contribution in [3.8, 4) is 11.1 Å². The van der Waals surface area contributed by atoms with Gasteiger partial charge >= 0.3 is 12.1 Å². The van der Waals surface area contributed by atoms with Crippen LogP contribution in [-0.4, -0.2) is 42.3 Å². The average Bonchev–Trinajstić information content (AvgIpc) is 3.09. The van der Waals surface area contributed by atoms with Crippen LogP contribution >= 0.6 is 0 Å². The molecular weight excluding hydrogens is 408 g/mol. The molecule has 0 saturated carbocycles. The zero-order valence-corrected chi connectivity index (χ0v) is 18.6. The molecule has 0 spiro atoms. The number of hydrogen-bond acceptors (Lipinski definition) is 4. The number of hydrogen-bond donors (Lipinski definition) is 3. The molecule has 3 N–H and O–H groups in total. The first kappa shape index (κ1) is 23.3. The fourth-order valence-electron chi connectivity index (χ4n) is 3.95. The maximum absolute atomic E-state index is 12.4. The van der Waals surface area contributed by atoms with E-state index in [1.54, 1.807) is 6.92 Å². The Morgan fingerprint density at radius 1 is 0.969 bits per heavy atom. The van der Waals surface area contributed by atoms with E-state index in [9.17, 15) is 14.4 Å². The molecule has 3 rings (SSSR count). The molecule has 2 amide bonds. The molecule has 1 aliphatic carbocycles. The van der Waals surface area contributed by atoms with Gasteiger partial charge in [0.25, 0.3) is 0 Å². The minimum absolute atomic E-state index is 0.0164. The Morgan fingerprint density at radius 3 is 2.06 bits per heavy atom. The zero-order valence-electron chi connectivity index (χ0n) is 18.6. The van der Waals surface area contributed by atoms with Gasteiger partial charge in [0.1, 0.15) is 6.61 Å². The van der Waals surface area contributed by atoms with Crippen LogP contribution in [0.4, 0.5) is 4.79 Å². The maximum atomic E-state index is 12.4. The predicted molar refractivity (Wildman–Crippen MR) is 121 cm³/mol. The SMILES string of the molecule is CC(CNC(=O)OCC1c2ccccc2-c2ccccc21)C(=O)N[C@@H](CC(=O)O)C(C)C. The minimum atomic E-state index is -0.964. The van der Waals surface area contributed by atoms with Gasteiger partial charge in [-0.25, -0.2) is 4.79 Å². The van der Waals surface area contributed by atoms with Crippen LogP contribution in [0.3, 0.4) is 0 Å². The van der Waals surface area contributed by atoms with E-state index >= 15 is 0 Å². The number of alkyl carbamates (subject to hydrolysis) is 1. The van der Waals surface area contributed by atoms with E-state index in [-0.39, 0.29) is 37.3 Å². The molecule has 1 unspecified atom stereocenters. The number of carboxylic acid groups (broad SMARTS) is 1. The van der Waals surface area contributed by atoms with E-state index in [0.29, 0.717) is 0 Å². The highest BCUT2D eigenvalue weighted by molar-refractivity contribution is 5.81. The zero-order chi connectivity index (χ0) is 23.3. The van der Waals surface area contributed by atoms with Gasteiger partial charge < -0.3 is 20.5 Å². The van der Waals surface area contributed by atoms with E-state index in [0.717, 1.165) is 22.3 Å². The first-order valence-corrected chi connectivity index (χ1v) is 10.9. The first-order chi connectivity index (χ1) is 15.3. The van der Waals surface area contributed by atoms with Crippen LogP contribution in [0.15, 0.2) is 48.5 Å². The molecule has 7 heteroatoms. The Labute approximate surface area is 188 Å². The number of carboxylic acids is 1. The highest BCUT2D eigenvalue weighted by atomic mass is 16.5. The number of aliphatic carboxylic acids is 1. The van der Waals surface area contributed by atoms with Crippen molar-refractivity contribution in [1.29, 1.82) is 0 Å². The number of rotatable bonds is 9. The second-order valence-electron chi connectivity index (χ2n) is 8.56. The summed E-state index contributed by atoms with van der Waals surface area (Å²) < 4.78 is 5.48.